The van der Waals surface area contributed by atoms with E-state index in [0.717, 1.165) is 16.8 Å². The van der Waals surface area contributed by atoms with Gasteiger partial charge in [0.05, 0.1) is 6.42 Å². The summed E-state index contributed by atoms with van der Waals surface area (Å²) in [5.41, 5.74) is 2.77. The third-order valence-corrected chi connectivity index (χ3v) is 3.12. The number of guanidine groups is 1. The van der Waals surface area contributed by atoms with E-state index in [1.807, 2.05) is 65.0 Å². The van der Waals surface area contributed by atoms with Crippen molar-refractivity contribution in [2.45, 2.75) is 46.6 Å². The van der Waals surface area contributed by atoms with Crippen molar-refractivity contribution < 1.29 is 4.79 Å². The summed E-state index contributed by atoms with van der Waals surface area (Å²) in [6.07, 6.45) is 0.262. The van der Waals surface area contributed by atoms with Gasteiger partial charge in [0, 0.05) is 17.3 Å². The number of aliphatic imine (C=N–C) groups is 1. The lowest BCUT2D eigenvalue weighted by Crippen LogP contribution is -2.44. The Labute approximate surface area is 142 Å². The van der Waals surface area contributed by atoms with E-state index in [9.17, 15) is 4.79 Å². The molecule has 128 valence electrons. The van der Waals surface area contributed by atoms with E-state index in [2.05, 4.69) is 25.8 Å². The Balaban J connectivity index is 2.14. The van der Waals surface area contributed by atoms with Gasteiger partial charge < -0.3 is 10.6 Å². The fraction of sp³-hybridized carbons (Fsp3) is 0.389. The number of carbonyl (C=O) groups excluding carboxylic acids is 1. The Kier molecular flexibility index (Phi) is 5.39. The summed E-state index contributed by atoms with van der Waals surface area (Å²) in [6.45, 7) is 9.93. The maximum Gasteiger partial charge on any atom is 0.253 e. The van der Waals surface area contributed by atoms with Crippen molar-refractivity contribution in [2.75, 3.05) is 5.32 Å². The van der Waals surface area contributed by atoms with Gasteiger partial charge in [-0.3, -0.25) is 9.89 Å². The molecule has 6 nitrogen and oxygen atoms in total. The van der Waals surface area contributed by atoms with Gasteiger partial charge in [-0.05, 0) is 40.2 Å². The molecule has 0 aliphatic rings. The van der Waals surface area contributed by atoms with E-state index in [4.69, 9.17) is 0 Å². The number of aryl methyl sites for hydroxylation is 2. The van der Waals surface area contributed by atoms with Crippen molar-refractivity contribution in [1.29, 1.82) is 0 Å². The third kappa shape index (κ3) is 5.87. The fourth-order valence-electron chi connectivity index (χ4n) is 2.21. The molecule has 0 radical (unpaired) electrons. The predicted octanol–water partition coefficient (Wildman–Crippen LogP) is 2.95. The number of carbonyl (C=O) groups is 1. The van der Waals surface area contributed by atoms with Gasteiger partial charge in [0.2, 0.25) is 5.96 Å². The third-order valence-electron chi connectivity index (χ3n) is 3.12. The van der Waals surface area contributed by atoms with Crippen molar-refractivity contribution >= 4 is 17.7 Å². The normalized spacial score (nSPS) is 12.1. The van der Waals surface area contributed by atoms with Gasteiger partial charge in [0.1, 0.15) is 0 Å². The molecule has 0 saturated carbocycles. The van der Waals surface area contributed by atoms with E-state index in [-0.39, 0.29) is 17.9 Å². The number of aromatic amines is 1. The van der Waals surface area contributed by atoms with Crippen molar-refractivity contribution in [2.24, 2.45) is 4.99 Å². The number of aromatic nitrogens is 2. The molecule has 2 aromatic rings. The highest BCUT2D eigenvalue weighted by atomic mass is 16.1. The zero-order chi connectivity index (χ0) is 17.7. The summed E-state index contributed by atoms with van der Waals surface area (Å²) < 4.78 is 0. The molecule has 0 atom stereocenters. The molecule has 0 aliphatic carbocycles. The lowest BCUT2D eigenvalue weighted by Gasteiger charge is -2.23. The van der Waals surface area contributed by atoms with Crippen molar-refractivity contribution in [3.8, 4) is 0 Å². The predicted molar refractivity (Wildman–Crippen MR) is 97.2 cm³/mol. The van der Waals surface area contributed by atoms with Gasteiger partial charge in [-0.2, -0.15) is 10.1 Å². The lowest BCUT2D eigenvalue weighted by molar-refractivity contribution is -0.117. The molecular weight excluding hydrogens is 302 g/mol. The van der Waals surface area contributed by atoms with Crippen molar-refractivity contribution in [1.82, 2.24) is 15.5 Å². The molecule has 0 bridgehead atoms. The molecule has 2 rings (SSSR count). The number of anilines is 1. The Morgan fingerprint density at radius 1 is 1.25 bits per heavy atom. The van der Waals surface area contributed by atoms with Crippen LogP contribution in [0.2, 0.25) is 0 Å². The Bertz CT molecular complexity index is 740. The van der Waals surface area contributed by atoms with Crippen LogP contribution in [0.3, 0.4) is 0 Å². The number of H-pyrrole nitrogens is 1. The van der Waals surface area contributed by atoms with Crippen molar-refractivity contribution in [3.63, 3.8) is 0 Å². The smallest absolute Gasteiger partial charge is 0.253 e. The van der Waals surface area contributed by atoms with Gasteiger partial charge in [0.25, 0.3) is 5.91 Å². The van der Waals surface area contributed by atoms with Crippen LogP contribution in [0, 0.1) is 13.8 Å². The molecular formula is C18H25N5O. The van der Waals surface area contributed by atoms with Crippen LogP contribution in [-0.4, -0.2) is 27.6 Å². The van der Waals surface area contributed by atoms with Crippen LogP contribution >= 0.6 is 0 Å². The lowest BCUT2D eigenvalue weighted by atomic mass is 10.1. The van der Waals surface area contributed by atoms with Crippen molar-refractivity contribution in [3.05, 3.63) is 47.2 Å². The maximum atomic E-state index is 12.3. The highest BCUT2D eigenvalue weighted by Crippen LogP contribution is 2.08. The average Bonchev–Trinajstić information content (AvgIpc) is 2.81. The highest BCUT2D eigenvalue weighted by Gasteiger charge is 2.15. The van der Waals surface area contributed by atoms with Crippen LogP contribution in [0.5, 0.6) is 0 Å². The Morgan fingerprint density at radius 2 is 2.00 bits per heavy atom. The molecule has 1 heterocycles. The first-order valence-corrected chi connectivity index (χ1v) is 7.95. The highest BCUT2D eigenvalue weighted by molar-refractivity contribution is 6.01. The van der Waals surface area contributed by atoms with Crippen LogP contribution in [0.1, 0.15) is 37.6 Å². The molecule has 1 aromatic heterocycles. The zero-order valence-electron chi connectivity index (χ0n) is 14.9. The summed E-state index contributed by atoms with van der Waals surface area (Å²) in [5, 5.41) is 13.2. The molecule has 0 spiro atoms. The average molecular weight is 327 g/mol. The number of hydrogen-bond acceptors (Lipinski definition) is 2. The first-order chi connectivity index (χ1) is 11.2. The summed E-state index contributed by atoms with van der Waals surface area (Å²) in [7, 11) is 0. The molecule has 6 heteroatoms. The van der Waals surface area contributed by atoms with Crippen LogP contribution in [0.25, 0.3) is 0 Å². The molecule has 3 N–H and O–H groups in total. The first kappa shape index (κ1) is 17.7. The Morgan fingerprint density at radius 3 is 2.58 bits per heavy atom. The molecule has 0 unspecified atom stereocenters. The number of rotatable bonds is 3. The topological polar surface area (TPSA) is 82.2 Å². The van der Waals surface area contributed by atoms with E-state index < -0.39 is 0 Å². The number of nitrogens with zero attached hydrogens (tertiary/aromatic N) is 2. The molecule has 0 fully saturated rings. The number of hydrogen-bond donors (Lipinski definition) is 3. The van der Waals surface area contributed by atoms with Crippen LogP contribution < -0.4 is 10.6 Å². The SMILES string of the molecule is Cc1cccc(CC(=O)/N=C(\Nc2cc(C)[nH]n2)NC(C)(C)C)c1. The van der Waals surface area contributed by atoms with Gasteiger partial charge in [-0.1, -0.05) is 29.8 Å². The molecule has 0 saturated heterocycles. The molecule has 1 amide bonds. The van der Waals surface area contributed by atoms with Crippen LogP contribution in [-0.2, 0) is 11.2 Å². The quantitative estimate of drug-likeness (QED) is 0.598. The zero-order valence-corrected chi connectivity index (χ0v) is 14.9. The van der Waals surface area contributed by atoms with Gasteiger partial charge in [0.15, 0.2) is 5.82 Å². The van der Waals surface area contributed by atoms with Crippen LogP contribution in [0.15, 0.2) is 35.3 Å². The molecule has 1 aromatic carbocycles. The number of nitrogens with one attached hydrogen (secondary N) is 3. The standard InChI is InChI=1S/C18H25N5O/c1-12-7-6-8-14(9-12)11-16(24)20-17(21-18(3,4)5)19-15-10-13(2)22-23-15/h6-10H,11H2,1-5H3,(H3,19,20,21,22,23,24). The second-order valence-corrected chi connectivity index (χ2v) is 6.96. The summed E-state index contributed by atoms with van der Waals surface area (Å²) in [5.74, 6) is 0.796. The summed E-state index contributed by atoms with van der Waals surface area (Å²) in [6, 6.07) is 9.73. The second-order valence-electron chi connectivity index (χ2n) is 6.96. The number of amides is 1. The summed E-state index contributed by atoms with van der Waals surface area (Å²) in [4.78, 5) is 16.5. The van der Waals surface area contributed by atoms with E-state index in [1.54, 1.807) is 0 Å². The Hall–Kier alpha value is -2.63. The first-order valence-electron chi connectivity index (χ1n) is 7.95. The molecule has 0 aliphatic heterocycles. The monoisotopic (exact) mass is 327 g/mol. The minimum Gasteiger partial charge on any atom is -0.351 e. The largest absolute Gasteiger partial charge is 0.351 e. The molecule has 24 heavy (non-hydrogen) atoms. The number of benzene rings is 1. The van der Waals surface area contributed by atoms with E-state index >= 15 is 0 Å². The van der Waals surface area contributed by atoms with E-state index in [1.165, 1.54) is 0 Å². The summed E-state index contributed by atoms with van der Waals surface area (Å²) >= 11 is 0. The second kappa shape index (κ2) is 7.29. The van der Waals surface area contributed by atoms with Gasteiger partial charge in [-0.15, -0.1) is 0 Å². The minimum absolute atomic E-state index is 0.216. The maximum absolute atomic E-state index is 12.3. The van der Waals surface area contributed by atoms with Crippen LogP contribution in [0.4, 0.5) is 5.82 Å². The fourth-order valence-corrected chi connectivity index (χ4v) is 2.21. The van der Waals surface area contributed by atoms with Gasteiger partial charge >= 0.3 is 0 Å². The van der Waals surface area contributed by atoms with Gasteiger partial charge in [-0.25, -0.2) is 0 Å². The van der Waals surface area contributed by atoms with E-state index in [0.29, 0.717) is 11.8 Å². The minimum atomic E-state index is -0.235.